The van der Waals surface area contributed by atoms with Crippen LogP contribution in [-0.2, 0) is 16.6 Å². The molecule has 0 bridgehead atoms. The molecule has 7 heteroatoms. The van der Waals surface area contributed by atoms with Crippen LogP contribution in [0.2, 0.25) is 5.02 Å². The van der Waals surface area contributed by atoms with Crippen molar-refractivity contribution in [3.05, 3.63) is 112 Å². The number of nitrogens with zero attached hydrogens (tertiary/aromatic N) is 2. The van der Waals surface area contributed by atoms with Crippen LogP contribution in [0.15, 0.2) is 90.0 Å². The summed E-state index contributed by atoms with van der Waals surface area (Å²) in [5.41, 5.74) is 4.74. The molecule has 5 nitrogen and oxygen atoms in total. The van der Waals surface area contributed by atoms with Crippen LogP contribution in [0.25, 0.3) is 5.69 Å². The van der Waals surface area contributed by atoms with Gasteiger partial charge in [-0.15, -0.1) is 0 Å². The molecule has 0 saturated carbocycles. The number of hydrogen-bond donors (Lipinski definition) is 0. The fourth-order valence-corrected chi connectivity index (χ4v) is 6.40. The van der Waals surface area contributed by atoms with Crippen molar-refractivity contribution in [2.75, 3.05) is 7.11 Å². The fraction of sp³-hybridized carbons (Fsp3) is 0.154. The predicted octanol–water partition coefficient (Wildman–Crippen LogP) is 5.74. The van der Waals surface area contributed by atoms with Gasteiger partial charge in [0.2, 0.25) is 10.0 Å². The molecule has 1 unspecified atom stereocenters. The number of benzene rings is 3. The summed E-state index contributed by atoms with van der Waals surface area (Å²) >= 11 is 6.22. The molecule has 0 radical (unpaired) electrons. The summed E-state index contributed by atoms with van der Waals surface area (Å²) in [7, 11) is -2.55. The smallest absolute Gasteiger partial charge is 0.248 e. The maximum Gasteiger partial charge on any atom is 0.248 e. The number of para-hydroxylation sites is 1. The number of ether oxygens (including phenoxy) is 1. The summed E-state index contributed by atoms with van der Waals surface area (Å²) in [6, 6.07) is 23.9. The van der Waals surface area contributed by atoms with Gasteiger partial charge in [0.05, 0.1) is 13.2 Å². The van der Waals surface area contributed by atoms with Crippen LogP contribution in [0, 0.1) is 6.92 Å². The molecule has 0 saturated heterocycles. The number of rotatable bonds is 4. The number of halogens is 1. The molecule has 1 aliphatic heterocycles. The SMILES string of the molecule is COc1ccc(Cl)cc1S(=O)(=O)N1Cc2ccccc2-n2cccc2C1c1ccc(C)cc1. The summed E-state index contributed by atoms with van der Waals surface area (Å²) in [6.45, 7) is 2.22. The predicted molar refractivity (Wildman–Crippen MR) is 130 cm³/mol. The number of aromatic nitrogens is 1. The van der Waals surface area contributed by atoms with Crippen molar-refractivity contribution in [2.24, 2.45) is 0 Å². The summed E-state index contributed by atoms with van der Waals surface area (Å²) < 4.78 is 37.5. The van der Waals surface area contributed by atoms with Gasteiger partial charge in [0.15, 0.2) is 0 Å². The third-order valence-electron chi connectivity index (χ3n) is 6.03. The Bertz CT molecular complexity index is 1430. The highest BCUT2D eigenvalue weighted by Gasteiger charge is 2.39. The van der Waals surface area contributed by atoms with Crippen molar-refractivity contribution in [1.29, 1.82) is 0 Å². The van der Waals surface area contributed by atoms with E-state index in [0.717, 1.165) is 28.1 Å². The third-order valence-corrected chi connectivity index (χ3v) is 8.10. The molecule has 0 fully saturated rings. The molecule has 0 spiro atoms. The Balaban J connectivity index is 1.79. The van der Waals surface area contributed by atoms with E-state index in [-0.39, 0.29) is 17.2 Å². The third kappa shape index (κ3) is 3.74. The van der Waals surface area contributed by atoms with Gasteiger partial charge >= 0.3 is 0 Å². The van der Waals surface area contributed by atoms with Crippen LogP contribution in [-0.4, -0.2) is 24.4 Å². The lowest BCUT2D eigenvalue weighted by atomic mass is 10.0. The van der Waals surface area contributed by atoms with E-state index in [9.17, 15) is 8.42 Å². The van der Waals surface area contributed by atoms with E-state index in [2.05, 4.69) is 4.57 Å². The van der Waals surface area contributed by atoms with E-state index in [1.165, 1.54) is 13.2 Å². The van der Waals surface area contributed by atoms with Crippen LogP contribution < -0.4 is 4.74 Å². The minimum absolute atomic E-state index is 0.0482. The summed E-state index contributed by atoms with van der Waals surface area (Å²) in [6.07, 6.45) is 1.98. The van der Waals surface area contributed by atoms with Gasteiger partial charge in [-0.2, -0.15) is 4.31 Å². The topological polar surface area (TPSA) is 51.5 Å². The molecular weight excluding hydrogens is 456 g/mol. The molecule has 4 aromatic rings. The van der Waals surface area contributed by atoms with E-state index < -0.39 is 16.1 Å². The average molecular weight is 479 g/mol. The summed E-state index contributed by atoms with van der Waals surface area (Å²) in [5.74, 6) is 0.259. The standard InChI is InChI=1S/C26H23ClN2O3S/c1-18-9-11-19(12-10-18)26-23-8-5-15-28(23)22-7-4-3-6-20(22)17-29(26)33(30,31)25-16-21(27)13-14-24(25)32-2/h3-16,26H,17H2,1-2H3. The lowest BCUT2D eigenvalue weighted by Crippen LogP contribution is -2.35. The minimum atomic E-state index is -4.01. The minimum Gasteiger partial charge on any atom is -0.495 e. The normalized spacial score (nSPS) is 16.0. The van der Waals surface area contributed by atoms with Crippen LogP contribution in [0.1, 0.15) is 28.4 Å². The first-order valence-corrected chi connectivity index (χ1v) is 12.4. The van der Waals surface area contributed by atoms with Crippen LogP contribution >= 0.6 is 11.6 Å². The van der Waals surface area contributed by atoms with E-state index in [1.54, 1.807) is 16.4 Å². The first-order chi connectivity index (χ1) is 15.9. The Morgan fingerprint density at radius 3 is 2.48 bits per heavy atom. The van der Waals surface area contributed by atoms with Gasteiger partial charge in [-0.25, -0.2) is 8.42 Å². The Kier molecular flexibility index (Phi) is 5.52. The largest absolute Gasteiger partial charge is 0.495 e. The molecule has 1 aromatic heterocycles. The molecule has 33 heavy (non-hydrogen) atoms. The number of aryl methyl sites for hydroxylation is 1. The first-order valence-electron chi connectivity index (χ1n) is 10.6. The van der Waals surface area contributed by atoms with Gasteiger partial charge in [0, 0.05) is 29.1 Å². The van der Waals surface area contributed by atoms with Crippen LogP contribution in [0.3, 0.4) is 0 Å². The molecule has 2 heterocycles. The van der Waals surface area contributed by atoms with Gasteiger partial charge in [0.1, 0.15) is 10.6 Å². The van der Waals surface area contributed by atoms with Crippen LogP contribution in [0.5, 0.6) is 5.75 Å². The van der Waals surface area contributed by atoms with E-state index in [1.807, 2.05) is 73.8 Å². The van der Waals surface area contributed by atoms with Gasteiger partial charge in [-0.1, -0.05) is 59.6 Å². The Morgan fingerprint density at radius 1 is 0.970 bits per heavy atom. The highest BCUT2D eigenvalue weighted by molar-refractivity contribution is 7.89. The molecule has 1 atom stereocenters. The van der Waals surface area contributed by atoms with Crippen molar-refractivity contribution in [3.8, 4) is 11.4 Å². The van der Waals surface area contributed by atoms with Crippen molar-refractivity contribution in [2.45, 2.75) is 24.4 Å². The quantitative estimate of drug-likeness (QED) is 0.375. The van der Waals surface area contributed by atoms with Gasteiger partial charge in [-0.05, 0) is 54.4 Å². The van der Waals surface area contributed by atoms with Crippen LogP contribution in [0.4, 0.5) is 0 Å². The molecular formula is C26H23ClN2O3S. The van der Waals surface area contributed by atoms with Gasteiger partial charge in [-0.3, -0.25) is 0 Å². The lowest BCUT2D eigenvalue weighted by molar-refractivity contribution is 0.348. The zero-order valence-electron chi connectivity index (χ0n) is 18.3. The molecule has 0 N–H and O–H groups in total. The number of sulfonamides is 1. The van der Waals surface area contributed by atoms with Crippen molar-refractivity contribution < 1.29 is 13.2 Å². The van der Waals surface area contributed by atoms with E-state index >= 15 is 0 Å². The van der Waals surface area contributed by atoms with Crippen molar-refractivity contribution in [1.82, 2.24) is 8.87 Å². The second-order valence-corrected chi connectivity index (χ2v) is 10.4. The number of hydrogen-bond acceptors (Lipinski definition) is 3. The zero-order chi connectivity index (χ0) is 23.2. The maximum absolute atomic E-state index is 14.2. The van der Waals surface area contributed by atoms with Gasteiger partial charge < -0.3 is 9.30 Å². The first kappa shape index (κ1) is 21.8. The molecule has 168 valence electrons. The lowest BCUT2D eigenvalue weighted by Gasteiger charge is -2.30. The van der Waals surface area contributed by atoms with Crippen molar-refractivity contribution in [3.63, 3.8) is 0 Å². The Morgan fingerprint density at radius 2 is 1.73 bits per heavy atom. The second-order valence-electron chi connectivity index (χ2n) is 8.09. The summed E-state index contributed by atoms with van der Waals surface area (Å²) in [5, 5.41) is 0.333. The average Bonchev–Trinajstić information content (AvgIpc) is 3.24. The van der Waals surface area contributed by atoms with Crippen molar-refractivity contribution >= 4 is 21.6 Å². The highest BCUT2D eigenvalue weighted by atomic mass is 35.5. The Labute approximate surface area is 198 Å². The van der Waals surface area contributed by atoms with E-state index in [0.29, 0.717) is 5.02 Å². The zero-order valence-corrected chi connectivity index (χ0v) is 19.8. The van der Waals surface area contributed by atoms with E-state index in [4.69, 9.17) is 16.3 Å². The van der Waals surface area contributed by atoms with Gasteiger partial charge in [0.25, 0.3) is 0 Å². The number of methoxy groups -OCH3 is 1. The second kappa shape index (κ2) is 8.37. The molecule has 5 rings (SSSR count). The highest BCUT2D eigenvalue weighted by Crippen LogP contribution is 2.41. The number of fused-ring (bicyclic) bond motifs is 3. The molecule has 3 aromatic carbocycles. The summed E-state index contributed by atoms with van der Waals surface area (Å²) in [4.78, 5) is 0.0482. The molecule has 1 aliphatic rings. The molecule has 0 amide bonds. The molecule has 0 aliphatic carbocycles. The monoisotopic (exact) mass is 478 g/mol. The fourth-order valence-electron chi connectivity index (χ4n) is 4.41. The Hall–Kier alpha value is -3.06. The maximum atomic E-state index is 14.2.